The number of carbonyl (C=O) groups excluding carboxylic acids is 4. The van der Waals surface area contributed by atoms with Gasteiger partial charge in [0.15, 0.2) is 0 Å². The van der Waals surface area contributed by atoms with E-state index in [4.69, 9.17) is 10.5 Å². The third kappa shape index (κ3) is 8.30. The highest BCUT2D eigenvalue weighted by molar-refractivity contribution is 7.81. The fraction of sp³-hybridized carbons (Fsp3) is 0.778. The van der Waals surface area contributed by atoms with Crippen LogP contribution >= 0.6 is 12.6 Å². The molecule has 8 nitrogen and oxygen atoms in total. The zero-order chi connectivity index (χ0) is 20.8. The Bertz CT molecular complexity index is 592. The van der Waals surface area contributed by atoms with E-state index < -0.39 is 16.4 Å². The minimum Gasteiger partial charge on any atom is -0.375 e. The van der Waals surface area contributed by atoms with Crippen LogP contribution < -0.4 is 11.1 Å². The van der Waals surface area contributed by atoms with E-state index in [9.17, 15) is 19.2 Å². The molecular weight excluding hydrogens is 370 g/mol. The van der Waals surface area contributed by atoms with Crippen molar-refractivity contribution in [1.82, 2.24) is 10.2 Å². The fourth-order valence-corrected chi connectivity index (χ4v) is 2.99. The number of nitrogens with two attached hydrogens (primary N) is 1. The molecule has 1 atom stereocenters. The number of likely N-dealkylation sites (tertiary alicyclic amines) is 1. The lowest BCUT2D eigenvalue weighted by molar-refractivity contribution is -0.138. The molecule has 1 unspecified atom stereocenters. The summed E-state index contributed by atoms with van der Waals surface area (Å²) in [6.45, 7) is 8.00. The Morgan fingerprint density at radius 2 is 1.85 bits per heavy atom. The maximum Gasteiger partial charge on any atom is 0.242 e. The summed E-state index contributed by atoms with van der Waals surface area (Å²) in [6.07, 6.45) is 1.48. The van der Waals surface area contributed by atoms with Crippen molar-refractivity contribution in [2.24, 2.45) is 5.73 Å². The van der Waals surface area contributed by atoms with Gasteiger partial charge in [-0.2, -0.15) is 12.6 Å². The molecule has 4 amide bonds. The number of thiol groups is 1. The number of primary amides is 1. The second kappa shape index (κ2) is 9.54. The van der Waals surface area contributed by atoms with Gasteiger partial charge in [-0.15, -0.1) is 0 Å². The minimum absolute atomic E-state index is 0.0480. The number of rotatable bonds is 11. The largest absolute Gasteiger partial charge is 0.375 e. The van der Waals surface area contributed by atoms with Crippen molar-refractivity contribution >= 4 is 36.3 Å². The van der Waals surface area contributed by atoms with Gasteiger partial charge in [-0.25, -0.2) is 0 Å². The Balaban J connectivity index is 2.36. The normalized spacial score (nSPS) is 18.1. The Kier molecular flexibility index (Phi) is 8.28. The monoisotopic (exact) mass is 401 g/mol. The molecule has 9 heteroatoms. The molecule has 1 aliphatic heterocycles. The van der Waals surface area contributed by atoms with Crippen molar-refractivity contribution in [2.45, 2.75) is 76.2 Å². The molecule has 0 aromatic heterocycles. The predicted octanol–water partition coefficient (Wildman–Crippen LogP) is 0.779. The molecular formula is C18H31N3O5S. The van der Waals surface area contributed by atoms with Gasteiger partial charge in [0.1, 0.15) is 0 Å². The first-order valence-electron chi connectivity index (χ1n) is 9.08. The van der Waals surface area contributed by atoms with E-state index in [1.54, 1.807) is 0 Å². The molecule has 1 rings (SSSR count). The molecule has 0 saturated carbocycles. The van der Waals surface area contributed by atoms with Crippen LogP contribution in [-0.2, 0) is 23.9 Å². The number of imide groups is 1. The highest BCUT2D eigenvalue weighted by Crippen LogP contribution is 2.20. The first-order valence-corrected chi connectivity index (χ1v) is 9.60. The Morgan fingerprint density at radius 1 is 1.22 bits per heavy atom. The summed E-state index contributed by atoms with van der Waals surface area (Å²) >= 11 is 4.05. The van der Waals surface area contributed by atoms with Gasteiger partial charge in [0.25, 0.3) is 0 Å². The third-order valence-corrected chi connectivity index (χ3v) is 4.86. The molecule has 1 aliphatic rings. The van der Waals surface area contributed by atoms with Crippen molar-refractivity contribution in [1.29, 1.82) is 0 Å². The summed E-state index contributed by atoms with van der Waals surface area (Å²) in [5.41, 5.74) is 4.17. The van der Waals surface area contributed by atoms with Gasteiger partial charge < -0.3 is 15.8 Å². The van der Waals surface area contributed by atoms with E-state index in [0.717, 1.165) is 4.90 Å². The SMILES string of the molecule is CC(C)(CCOC(C)(C)CCC(N)=O)NC(=O)CCN1C(=O)CC(S)C1=O. The van der Waals surface area contributed by atoms with E-state index >= 15 is 0 Å². The number of hydrogen-bond acceptors (Lipinski definition) is 6. The van der Waals surface area contributed by atoms with E-state index in [2.05, 4.69) is 17.9 Å². The van der Waals surface area contributed by atoms with Crippen molar-refractivity contribution in [3.63, 3.8) is 0 Å². The van der Waals surface area contributed by atoms with Crippen LogP contribution in [0.1, 0.15) is 59.8 Å². The summed E-state index contributed by atoms with van der Waals surface area (Å²) in [5, 5.41) is 2.29. The Hall–Kier alpha value is -1.61. The summed E-state index contributed by atoms with van der Waals surface area (Å²) < 4.78 is 5.81. The molecule has 0 aliphatic carbocycles. The fourth-order valence-electron chi connectivity index (χ4n) is 2.70. The molecule has 27 heavy (non-hydrogen) atoms. The predicted molar refractivity (Wildman–Crippen MR) is 104 cm³/mol. The first-order chi connectivity index (χ1) is 12.3. The second-order valence-electron chi connectivity index (χ2n) is 8.11. The van der Waals surface area contributed by atoms with E-state index in [-0.39, 0.29) is 49.4 Å². The molecule has 0 bridgehead atoms. The Labute approximate surface area is 166 Å². The van der Waals surface area contributed by atoms with Crippen LogP contribution in [0.2, 0.25) is 0 Å². The molecule has 1 fully saturated rings. The average Bonchev–Trinajstić information content (AvgIpc) is 2.75. The van der Waals surface area contributed by atoms with E-state index in [1.165, 1.54) is 0 Å². The van der Waals surface area contributed by atoms with Gasteiger partial charge in [-0.1, -0.05) is 0 Å². The maximum absolute atomic E-state index is 12.2. The molecule has 1 heterocycles. The van der Waals surface area contributed by atoms with Crippen molar-refractivity contribution < 1.29 is 23.9 Å². The second-order valence-corrected chi connectivity index (χ2v) is 8.73. The van der Waals surface area contributed by atoms with Crippen LogP contribution in [0, 0.1) is 0 Å². The number of amides is 4. The van der Waals surface area contributed by atoms with Gasteiger partial charge in [0, 0.05) is 38.0 Å². The maximum atomic E-state index is 12.2. The van der Waals surface area contributed by atoms with Crippen LogP contribution in [0.3, 0.4) is 0 Å². The van der Waals surface area contributed by atoms with Crippen LogP contribution in [0.5, 0.6) is 0 Å². The molecule has 1 saturated heterocycles. The minimum atomic E-state index is -0.605. The molecule has 0 aromatic carbocycles. The number of carbonyl (C=O) groups is 4. The number of ether oxygens (including phenoxy) is 1. The Morgan fingerprint density at radius 3 is 2.37 bits per heavy atom. The van der Waals surface area contributed by atoms with Gasteiger partial charge in [-0.3, -0.25) is 24.1 Å². The van der Waals surface area contributed by atoms with Gasteiger partial charge in [0.2, 0.25) is 23.6 Å². The zero-order valence-corrected chi connectivity index (χ0v) is 17.4. The molecule has 0 aromatic rings. The summed E-state index contributed by atoms with van der Waals surface area (Å²) in [4.78, 5) is 47.7. The van der Waals surface area contributed by atoms with Gasteiger partial charge in [-0.05, 0) is 40.5 Å². The number of nitrogens with one attached hydrogen (secondary N) is 1. The molecule has 3 N–H and O–H groups in total. The van der Waals surface area contributed by atoms with Gasteiger partial charge >= 0.3 is 0 Å². The standard InChI is InChI=1S/C18H31N3O5S/c1-17(2,8-10-26-18(3,4)7-5-13(19)22)20-14(23)6-9-21-15(24)11-12(27)16(21)25/h12,27H,5-11H2,1-4H3,(H2,19,22)(H,20,23). The van der Waals surface area contributed by atoms with Crippen LogP contribution in [0.15, 0.2) is 0 Å². The lowest BCUT2D eigenvalue weighted by Crippen LogP contribution is -2.46. The molecule has 0 spiro atoms. The number of nitrogens with zero attached hydrogens (tertiary/aromatic N) is 1. The first kappa shape index (κ1) is 23.4. The van der Waals surface area contributed by atoms with Crippen LogP contribution in [0.4, 0.5) is 0 Å². The van der Waals surface area contributed by atoms with E-state index in [0.29, 0.717) is 19.4 Å². The smallest absolute Gasteiger partial charge is 0.242 e. The molecule has 154 valence electrons. The van der Waals surface area contributed by atoms with Crippen molar-refractivity contribution in [2.75, 3.05) is 13.2 Å². The lowest BCUT2D eigenvalue weighted by Gasteiger charge is -2.30. The highest BCUT2D eigenvalue weighted by Gasteiger charge is 2.36. The average molecular weight is 402 g/mol. The van der Waals surface area contributed by atoms with E-state index in [1.807, 2.05) is 27.7 Å². The highest BCUT2D eigenvalue weighted by atomic mass is 32.1. The van der Waals surface area contributed by atoms with Crippen LogP contribution in [0.25, 0.3) is 0 Å². The summed E-state index contributed by atoms with van der Waals surface area (Å²) in [6, 6.07) is 0. The van der Waals surface area contributed by atoms with Crippen molar-refractivity contribution in [3.8, 4) is 0 Å². The lowest BCUT2D eigenvalue weighted by atomic mass is 9.99. The zero-order valence-electron chi connectivity index (χ0n) is 16.5. The summed E-state index contributed by atoms with van der Waals surface area (Å²) in [5.74, 6) is -1.24. The topological polar surface area (TPSA) is 119 Å². The number of hydrogen-bond donors (Lipinski definition) is 3. The third-order valence-electron chi connectivity index (χ3n) is 4.45. The van der Waals surface area contributed by atoms with Crippen molar-refractivity contribution in [3.05, 3.63) is 0 Å². The quantitative estimate of drug-likeness (QED) is 0.349. The summed E-state index contributed by atoms with van der Waals surface area (Å²) in [7, 11) is 0. The van der Waals surface area contributed by atoms with Crippen LogP contribution in [-0.4, -0.2) is 58.1 Å². The van der Waals surface area contributed by atoms with Gasteiger partial charge in [0.05, 0.1) is 10.9 Å². The molecule has 0 radical (unpaired) electrons.